The average molecular weight is 468 g/mol. The number of carbonyl (C=O) groups is 2. The van der Waals surface area contributed by atoms with Gasteiger partial charge in [0.15, 0.2) is 11.4 Å². The highest BCUT2D eigenvalue weighted by Gasteiger charge is 2.20. The van der Waals surface area contributed by atoms with Crippen molar-refractivity contribution < 1.29 is 9.59 Å². The molecule has 176 valence electrons. The summed E-state index contributed by atoms with van der Waals surface area (Å²) in [7, 11) is 0. The molecule has 9 nitrogen and oxygen atoms in total. The maximum absolute atomic E-state index is 13.1. The minimum atomic E-state index is -0.486. The minimum Gasteiger partial charge on any atom is -0.351 e. The zero-order chi connectivity index (χ0) is 24.2. The van der Waals surface area contributed by atoms with Crippen LogP contribution in [0.25, 0.3) is 21.8 Å². The summed E-state index contributed by atoms with van der Waals surface area (Å²) in [5.74, 6) is -0.921. The van der Waals surface area contributed by atoms with Crippen LogP contribution >= 0.6 is 0 Å². The van der Waals surface area contributed by atoms with E-state index in [9.17, 15) is 9.59 Å². The third-order valence-electron chi connectivity index (χ3n) is 5.91. The van der Waals surface area contributed by atoms with Gasteiger partial charge in [0.05, 0.1) is 6.33 Å². The number of carbonyl (C=O) groups excluding carboxylic acids is 2. The van der Waals surface area contributed by atoms with Crippen molar-refractivity contribution in [3.05, 3.63) is 85.0 Å². The van der Waals surface area contributed by atoms with E-state index in [0.717, 1.165) is 41.3 Å². The van der Waals surface area contributed by atoms with Gasteiger partial charge in [-0.15, -0.1) is 0 Å². The minimum absolute atomic E-state index is 0.00343. The van der Waals surface area contributed by atoms with Gasteiger partial charge in [0.1, 0.15) is 0 Å². The topological polar surface area (TPSA) is 107 Å². The smallest absolute Gasteiger partial charge is 0.276 e. The van der Waals surface area contributed by atoms with E-state index in [0.29, 0.717) is 12.2 Å². The number of amides is 2. The van der Waals surface area contributed by atoms with Gasteiger partial charge in [0.2, 0.25) is 0 Å². The number of hydrogen-bond donors (Lipinski definition) is 2. The fraction of sp³-hybridized carbons (Fsp3) is 0.192. The number of aromatic nitrogens is 5. The number of imidazole rings is 1. The van der Waals surface area contributed by atoms with E-state index in [2.05, 4.69) is 49.2 Å². The van der Waals surface area contributed by atoms with E-state index in [-0.39, 0.29) is 11.4 Å². The van der Waals surface area contributed by atoms with Crippen molar-refractivity contribution in [3.8, 4) is 0 Å². The molecular weight excluding hydrogens is 442 g/mol. The lowest BCUT2D eigenvalue weighted by molar-refractivity contribution is 0.0932. The fourth-order valence-electron chi connectivity index (χ4n) is 4.30. The summed E-state index contributed by atoms with van der Waals surface area (Å²) >= 11 is 0. The molecule has 0 bridgehead atoms. The predicted molar refractivity (Wildman–Crippen MR) is 134 cm³/mol. The fourth-order valence-corrected chi connectivity index (χ4v) is 4.30. The molecule has 0 spiro atoms. The standard InChI is InChI=1S/C26H25N7O2/c1-2-33-21-7-4-3-6-19(21)20-16-18(8-9-22(20)33)31-26(35)24-23(28-11-12-29-24)25(34)30-10-5-14-32-15-13-27-17-32/h3-4,6-9,11-13,15-17H,2,5,10,14H2,1H3,(H,30,34)(H,31,35). The number of aryl methyl sites for hydroxylation is 2. The zero-order valence-electron chi connectivity index (χ0n) is 19.3. The lowest BCUT2D eigenvalue weighted by atomic mass is 10.1. The number of fused-ring (bicyclic) bond motifs is 3. The molecule has 2 N–H and O–H groups in total. The Labute approximate surface area is 201 Å². The molecular formula is C26H25N7O2. The molecule has 0 radical (unpaired) electrons. The Hall–Kier alpha value is -4.53. The van der Waals surface area contributed by atoms with E-state index < -0.39 is 11.8 Å². The lowest BCUT2D eigenvalue weighted by Crippen LogP contribution is -2.29. The van der Waals surface area contributed by atoms with Gasteiger partial charge in [-0.05, 0) is 37.6 Å². The molecule has 0 fully saturated rings. The maximum atomic E-state index is 13.1. The Morgan fingerprint density at radius 1 is 0.914 bits per heavy atom. The van der Waals surface area contributed by atoms with Gasteiger partial charge in [0, 0.05) is 71.9 Å². The summed E-state index contributed by atoms with van der Waals surface area (Å²) < 4.78 is 4.18. The average Bonchev–Trinajstić information content (AvgIpc) is 3.52. The maximum Gasteiger partial charge on any atom is 0.276 e. The van der Waals surface area contributed by atoms with Crippen LogP contribution in [0.2, 0.25) is 0 Å². The molecule has 0 saturated heterocycles. The number of nitrogens with one attached hydrogen (secondary N) is 2. The number of anilines is 1. The van der Waals surface area contributed by atoms with Gasteiger partial charge in [-0.25, -0.2) is 15.0 Å². The molecule has 2 amide bonds. The summed E-state index contributed by atoms with van der Waals surface area (Å²) in [5, 5.41) is 7.87. The number of hydrogen-bond acceptors (Lipinski definition) is 5. The first-order chi connectivity index (χ1) is 17.2. The van der Waals surface area contributed by atoms with Gasteiger partial charge < -0.3 is 19.8 Å². The van der Waals surface area contributed by atoms with Crippen molar-refractivity contribution >= 4 is 39.3 Å². The van der Waals surface area contributed by atoms with Crippen molar-refractivity contribution in [1.82, 2.24) is 29.4 Å². The van der Waals surface area contributed by atoms with Gasteiger partial charge >= 0.3 is 0 Å². The second kappa shape index (κ2) is 9.76. The van der Waals surface area contributed by atoms with Crippen LogP contribution in [-0.4, -0.2) is 42.4 Å². The molecule has 0 unspecified atom stereocenters. The highest BCUT2D eigenvalue weighted by Crippen LogP contribution is 2.31. The quantitative estimate of drug-likeness (QED) is 0.337. The molecule has 0 aliphatic heterocycles. The van der Waals surface area contributed by atoms with Crippen molar-refractivity contribution in [2.75, 3.05) is 11.9 Å². The normalized spacial score (nSPS) is 11.1. The van der Waals surface area contributed by atoms with E-state index in [1.807, 2.05) is 41.1 Å². The first-order valence-electron chi connectivity index (χ1n) is 11.5. The summed E-state index contributed by atoms with van der Waals surface area (Å²) in [6, 6.07) is 14.0. The second-order valence-corrected chi connectivity index (χ2v) is 8.11. The van der Waals surface area contributed by atoms with Crippen LogP contribution in [0.4, 0.5) is 5.69 Å². The molecule has 5 aromatic rings. The highest BCUT2D eigenvalue weighted by molar-refractivity contribution is 6.12. The van der Waals surface area contributed by atoms with Gasteiger partial charge in [0.25, 0.3) is 11.8 Å². The number of nitrogens with zero attached hydrogens (tertiary/aromatic N) is 5. The van der Waals surface area contributed by atoms with Crippen LogP contribution in [0.15, 0.2) is 73.6 Å². The van der Waals surface area contributed by atoms with Crippen molar-refractivity contribution in [2.24, 2.45) is 0 Å². The van der Waals surface area contributed by atoms with Gasteiger partial charge in [-0.1, -0.05) is 18.2 Å². The first kappa shape index (κ1) is 22.3. The van der Waals surface area contributed by atoms with E-state index in [1.165, 1.54) is 12.4 Å². The summed E-state index contributed by atoms with van der Waals surface area (Å²) in [6.45, 7) is 4.12. The largest absolute Gasteiger partial charge is 0.351 e. The molecule has 9 heteroatoms. The van der Waals surface area contributed by atoms with E-state index in [4.69, 9.17) is 0 Å². The van der Waals surface area contributed by atoms with Gasteiger partial charge in [-0.2, -0.15) is 0 Å². The van der Waals surface area contributed by atoms with Crippen LogP contribution in [0, 0.1) is 0 Å². The van der Waals surface area contributed by atoms with Crippen LogP contribution in [-0.2, 0) is 13.1 Å². The Balaban J connectivity index is 1.33. The van der Waals surface area contributed by atoms with Gasteiger partial charge in [-0.3, -0.25) is 9.59 Å². The molecule has 2 aromatic carbocycles. The summed E-state index contributed by atoms with van der Waals surface area (Å²) in [5.41, 5.74) is 2.85. The third kappa shape index (κ3) is 4.48. The SMILES string of the molecule is CCn1c2ccccc2c2cc(NC(=O)c3nccnc3C(=O)NCCCn3ccnc3)ccc21. The predicted octanol–water partition coefficient (Wildman–Crippen LogP) is 3.87. The van der Waals surface area contributed by atoms with Crippen molar-refractivity contribution in [2.45, 2.75) is 26.4 Å². The van der Waals surface area contributed by atoms with Crippen LogP contribution < -0.4 is 10.6 Å². The number of benzene rings is 2. The third-order valence-corrected chi connectivity index (χ3v) is 5.91. The lowest BCUT2D eigenvalue weighted by Gasteiger charge is -2.10. The molecule has 3 heterocycles. The Morgan fingerprint density at radius 3 is 2.46 bits per heavy atom. The molecule has 5 rings (SSSR count). The molecule has 35 heavy (non-hydrogen) atoms. The van der Waals surface area contributed by atoms with Crippen LogP contribution in [0.5, 0.6) is 0 Å². The monoisotopic (exact) mass is 467 g/mol. The van der Waals surface area contributed by atoms with Crippen LogP contribution in [0.1, 0.15) is 34.3 Å². The summed E-state index contributed by atoms with van der Waals surface area (Å²) in [4.78, 5) is 38.1. The molecule has 0 aliphatic rings. The van der Waals surface area contributed by atoms with Crippen molar-refractivity contribution in [1.29, 1.82) is 0 Å². The Kier molecular flexibility index (Phi) is 6.21. The number of para-hydroxylation sites is 1. The van der Waals surface area contributed by atoms with Crippen molar-refractivity contribution in [3.63, 3.8) is 0 Å². The Bertz CT molecular complexity index is 1510. The molecule has 0 saturated carbocycles. The second-order valence-electron chi connectivity index (χ2n) is 8.11. The Morgan fingerprint density at radius 2 is 1.69 bits per heavy atom. The highest BCUT2D eigenvalue weighted by atomic mass is 16.2. The first-order valence-corrected chi connectivity index (χ1v) is 11.5. The molecule has 3 aromatic heterocycles. The molecule has 0 aliphatic carbocycles. The zero-order valence-corrected chi connectivity index (χ0v) is 19.3. The summed E-state index contributed by atoms with van der Waals surface area (Å²) in [6.07, 6.45) is 8.83. The number of rotatable bonds is 8. The van der Waals surface area contributed by atoms with Crippen LogP contribution in [0.3, 0.4) is 0 Å². The van der Waals surface area contributed by atoms with E-state index >= 15 is 0 Å². The van der Waals surface area contributed by atoms with E-state index in [1.54, 1.807) is 12.5 Å². The molecule has 0 atom stereocenters.